The lowest BCUT2D eigenvalue weighted by Gasteiger charge is -2.14. The van der Waals surface area contributed by atoms with Gasteiger partial charge in [0.05, 0.1) is 6.42 Å². The Hall–Kier alpha value is -2.60. The summed E-state index contributed by atoms with van der Waals surface area (Å²) in [6.45, 7) is 4.18. The average molecular weight is 293 g/mol. The zero-order valence-electron chi connectivity index (χ0n) is 12.8. The van der Waals surface area contributed by atoms with Crippen LogP contribution in [0.25, 0.3) is 0 Å². The summed E-state index contributed by atoms with van der Waals surface area (Å²) in [6, 6.07) is 18.9. The summed E-state index contributed by atoms with van der Waals surface area (Å²) in [6.07, 6.45) is -0.681. The van der Waals surface area contributed by atoms with Crippen molar-refractivity contribution in [2.45, 2.75) is 32.3 Å². The third kappa shape index (κ3) is 3.95. The Labute approximate surface area is 131 Å². The quantitative estimate of drug-likeness (QED) is 0.778. The van der Waals surface area contributed by atoms with Crippen LogP contribution < -0.4 is 0 Å². The second-order valence-electron chi connectivity index (χ2n) is 5.44. The first-order valence-corrected chi connectivity index (χ1v) is 7.33. The van der Waals surface area contributed by atoms with Crippen LogP contribution in [0.15, 0.2) is 54.6 Å². The van der Waals surface area contributed by atoms with Crippen molar-refractivity contribution >= 4 is 5.97 Å². The van der Waals surface area contributed by atoms with Gasteiger partial charge >= 0.3 is 5.97 Å². The number of carbonyl (C=O) groups is 1. The van der Waals surface area contributed by atoms with E-state index in [1.807, 2.05) is 48.5 Å². The van der Waals surface area contributed by atoms with Gasteiger partial charge in [0.15, 0.2) is 0 Å². The van der Waals surface area contributed by atoms with E-state index >= 15 is 0 Å². The smallest absolute Gasteiger partial charge is 0.311 e. The van der Waals surface area contributed by atoms with Crippen molar-refractivity contribution in [1.82, 2.24) is 0 Å². The molecule has 3 nitrogen and oxygen atoms in total. The minimum Gasteiger partial charge on any atom is -0.442 e. The fourth-order valence-corrected chi connectivity index (χ4v) is 2.38. The van der Waals surface area contributed by atoms with Crippen molar-refractivity contribution < 1.29 is 9.53 Å². The lowest BCUT2D eigenvalue weighted by atomic mass is 9.95. The minimum absolute atomic E-state index is 0.180. The second-order valence-corrected chi connectivity index (χ2v) is 5.44. The van der Waals surface area contributed by atoms with Gasteiger partial charge in [0, 0.05) is 5.56 Å². The van der Waals surface area contributed by atoms with E-state index in [1.165, 1.54) is 0 Å². The van der Waals surface area contributed by atoms with Gasteiger partial charge in [-0.3, -0.25) is 4.79 Å². The third-order valence-electron chi connectivity index (χ3n) is 3.48. The van der Waals surface area contributed by atoms with E-state index in [9.17, 15) is 10.1 Å². The highest BCUT2D eigenvalue weighted by molar-refractivity contribution is 5.73. The van der Waals surface area contributed by atoms with Crippen LogP contribution >= 0.6 is 0 Å². The summed E-state index contributed by atoms with van der Waals surface area (Å²) in [4.78, 5) is 12.2. The maximum Gasteiger partial charge on any atom is 0.311 e. The van der Waals surface area contributed by atoms with E-state index in [4.69, 9.17) is 4.74 Å². The Balaban J connectivity index is 2.09. The fourth-order valence-electron chi connectivity index (χ4n) is 2.38. The Morgan fingerprint density at radius 3 is 2.36 bits per heavy atom. The molecule has 0 amide bonds. The van der Waals surface area contributed by atoms with Crippen LogP contribution in [-0.2, 0) is 16.0 Å². The molecule has 0 heterocycles. The van der Waals surface area contributed by atoms with Crippen LogP contribution in [-0.4, -0.2) is 5.97 Å². The summed E-state index contributed by atoms with van der Waals surface area (Å²) in [5, 5.41) is 9.21. The van der Waals surface area contributed by atoms with E-state index in [2.05, 4.69) is 13.8 Å². The van der Waals surface area contributed by atoms with Crippen molar-refractivity contribution in [2.24, 2.45) is 0 Å². The highest BCUT2D eigenvalue weighted by Gasteiger charge is 2.17. The van der Waals surface area contributed by atoms with E-state index in [0.717, 1.165) is 11.1 Å². The molecule has 0 saturated heterocycles. The third-order valence-corrected chi connectivity index (χ3v) is 3.48. The molecule has 0 aromatic heterocycles. The number of esters is 1. The van der Waals surface area contributed by atoms with Gasteiger partial charge in [-0.15, -0.1) is 0 Å². The van der Waals surface area contributed by atoms with Crippen molar-refractivity contribution in [3.8, 4) is 6.07 Å². The predicted octanol–water partition coefficient (Wildman–Crippen LogP) is 4.16. The number of carbonyl (C=O) groups excluding carboxylic acids is 1. The molecule has 2 rings (SSSR count). The first-order valence-electron chi connectivity index (χ1n) is 7.33. The first kappa shape index (κ1) is 15.8. The van der Waals surface area contributed by atoms with Crippen LogP contribution in [0.2, 0.25) is 0 Å². The normalized spacial score (nSPS) is 11.7. The number of benzene rings is 2. The molecule has 1 atom stereocenters. The van der Waals surface area contributed by atoms with Crippen LogP contribution in [0.3, 0.4) is 0 Å². The lowest BCUT2D eigenvalue weighted by molar-refractivity contribution is -0.146. The summed E-state index contributed by atoms with van der Waals surface area (Å²) < 4.78 is 5.32. The number of hydrogen-bond donors (Lipinski definition) is 0. The SMILES string of the molecule is CC(C)c1ccccc1CC(=O)OC(C#N)c1ccccc1. The van der Waals surface area contributed by atoms with Crippen molar-refractivity contribution in [2.75, 3.05) is 0 Å². The topological polar surface area (TPSA) is 50.1 Å². The number of hydrogen-bond acceptors (Lipinski definition) is 3. The van der Waals surface area contributed by atoms with Crippen LogP contribution in [0.4, 0.5) is 0 Å². The summed E-state index contributed by atoms with van der Waals surface area (Å²) >= 11 is 0. The molecule has 0 saturated carbocycles. The van der Waals surface area contributed by atoms with Gasteiger partial charge in [0.2, 0.25) is 6.10 Å². The Kier molecular flexibility index (Phi) is 5.32. The average Bonchev–Trinajstić information content (AvgIpc) is 2.53. The Morgan fingerprint density at radius 2 is 1.73 bits per heavy atom. The van der Waals surface area contributed by atoms with Gasteiger partial charge in [-0.25, -0.2) is 0 Å². The van der Waals surface area contributed by atoms with Gasteiger partial charge in [0.25, 0.3) is 0 Å². The Morgan fingerprint density at radius 1 is 1.09 bits per heavy atom. The van der Waals surface area contributed by atoms with Crippen LogP contribution in [0.1, 0.15) is 42.6 Å². The lowest BCUT2D eigenvalue weighted by Crippen LogP contribution is -2.13. The number of nitrogens with zero attached hydrogens (tertiary/aromatic N) is 1. The van der Waals surface area contributed by atoms with Gasteiger partial charge < -0.3 is 4.74 Å². The van der Waals surface area contributed by atoms with Crippen molar-refractivity contribution in [3.05, 3.63) is 71.3 Å². The molecule has 0 fully saturated rings. The summed E-state index contributed by atoms with van der Waals surface area (Å²) in [5.41, 5.74) is 2.77. The molecule has 0 bridgehead atoms. The molecule has 0 aliphatic carbocycles. The van der Waals surface area contributed by atoms with Crippen LogP contribution in [0, 0.1) is 11.3 Å². The minimum atomic E-state index is -0.861. The van der Waals surface area contributed by atoms with Gasteiger partial charge in [-0.1, -0.05) is 68.4 Å². The highest BCUT2D eigenvalue weighted by atomic mass is 16.5. The van der Waals surface area contributed by atoms with Gasteiger partial charge in [0.1, 0.15) is 6.07 Å². The number of ether oxygens (including phenoxy) is 1. The molecule has 0 aliphatic heterocycles. The Bertz CT molecular complexity index is 671. The fraction of sp³-hybridized carbons (Fsp3) is 0.263. The molecule has 0 N–H and O–H groups in total. The van der Waals surface area contributed by atoms with Gasteiger partial charge in [-0.05, 0) is 17.0 Å². The molecular weight excluding hydrogens is 274 g/mol. The van der Waals surface area contributed by atoms with Crippen molar-refractivity contribution in [3.63, 3.8) is 0 Å². The predicted molar refractivity (Wildman–Crippen MR) is 85.1 cm³/mol. The van der Waals surface area contributed by atoms with E-state index in [0.29, 0.717) is 11.5 Å². The van der Waals surface area contributed by atoms with Crippen molar-refractivity contribution in [1.29, 1.82) is 5.26 Å². The second kappa shape index (κ2) is 7.42. The first-order chi connectivity index (χ1) is 10.6. The summed E-state index contributed by atoms with van der Waals surface area (Å²) in [5.74, 6) is -0.0478. The molecule has 0 radical (unpaired) electrons. The monoisotopic (exact) mass is 293 g/mol. The maximum absolute atomic E-state index is 12.2. The maximum atomic E-state index is 12.2. The zero-order chi connectivity index (χ0) is 15.9. The molecule has 3 heteroatoms. The van der Waals surface area contributed by atoms with E-state index in [1.54, 1.807) is 12.1 Å². The number of nitriles is 1. The molecule has 2 aromatic rings. The number of rotatable bonds is 5. The van der Waals surface area contributed by atoms with E-state index < -0.39 is 6.10 Å². The molecule has 0 aliphatic rings. The van der Waals surface area contributed by atoms with Crippen LogP contribution in [0.5, 0.6) is 0 Å². The highest BCUT2D eigenvalue weighted by Crippen LogP contribution is 2.21. The largest absolute Gasteiger partial charge is 0.442 e. The zero-order valence-corrected chi connectivity index (χ0v) is 12.8. The summed E-state index contributed by atoms with van der Waals surface area (Å²) in [7, 11) is 0. The molecule has 2 aromatic carbocycles. The molecular formula is C19H19NO2. The molecule has 0 spiro atoms. The molecule has 1 unspecified atom stereocenters. The van der Waals surface area contributed by atoms with Gasteiger partial charge in [-0.2, -0.15) is 5.26 Å². The molecule has 22 heavy (non-hydrogen) atoms. The molecule has 112 valence electrons. The van der Waals surface area contributed by atoms with E-state index in [-0.39, 0.29) is 12.4 Å². The standard InChI is InChI=1S/C19H19NO2/c1-14(2)17-11-7-6-10-16(17)12-19(21)22-18(13-20)15-8-4-3-5-9-15/h3-11,14,18H,12H2,1-2H3.